The van der Waals surface area contributed by atoms with Crippen LogP contribution in [0.3, 0.4) is 0 Å². The predicted molar refractivity (Wildman–Crippen MR) is 70.4 cm³/mol. The first-order valence-corrected chi connectivity index (χ1v) is 6.65. The van der Waals surface area contributed by atoms with E-state index in [1.165, 1.54) is 7.11 Å². The molecule has 0 saturated carbocycles. The van der Waals surface area contributed by atoms with Crippen molar-refractivity contribution in [3.63, 3.8) is 0 Å². The minimum Gasteiger partial charge on any atom is -0.468 e. The Morgan fingerprint density at radius 3 is 2.79 bits per heavy atom. The van der Waals surface area contributed by atoms with Crippen LogP contribution in [0.15, 0.2) is 4.52 Å². The van der Waals surface area contributed by atoms with Crippen molar-refractivity contribution in [3.05, 3.63) is 11.7 Å². The topological polar surface area (TPSA) is 68.5 Å². The average Bonchev–Trinajstić information content (AvgIpc) is 2.75. The summed E-state index contributed by atoms with van der Waals surface area (Å²) in [6, 6.07) is 0. The van der Waals surface area contributed by atoms with Crippen LogP contribution in [0.25, 0.3) is 0 Å². The second-order valence-electron chi connectivity index (χ2n) is 4.99. The summed E-state index contributed by atoms with van der Waals surface area (Å²) in [4.78, 5) is 17.6. The van der Waals surface area contributed by atoms with Crippen molar-refractivity contribution in [2.75, 3.05) is 20.2 Å². The van der Waals surface area contributed by atoms with Crippen molar-refractivity contribution in [1.82, 2.24) is 15.0 Å². The van der Waals surface area contributed by atoms with Crippen LogP contribution >= 0.6 is 0 Å². The summed E-state index contributed by atoms with van der Waals surface area (Å²) < 4.78 is 9.88. The Morgan fingerprint density at radius 1 is 1.47 bits per heavy atom. The number of aromatic nitrogens is 2. The van der Waals surface area contributed by atoms with E-state index < -0.39 is 0 Å². The average molecular weight is 269 g/mol. The van der Waals surface area contributed by atoms with E-state index in [0.29, 0.717) is 18.4 Å². The van der Waals surface area contributed by atoms with E-state index in [9.17, 15) is 4.79 Å². The Balaban J connectivity index is 2.57. The number of methoxy groups -OCH3 is 1. The number of hydrogen-bond acceptors (Lipinski definition) is 6. The molecule has 0 radical (unpaired) electrons. The molecule has 1 aromatic heterocycles. The minimum absolute atomic E-state index is 0.242. The van der Waals surface area contributed by atoms with Gasteiger partial charge in [-0.05, 0) is 18.9 Å². The van der Waals surface area contributed by atoms with Crippen molar-refractivity contribution in [2.45, 2.75) is 40.2 Å². The Bertz CT molecular complexity index is 390. The Hall–Kier alpha value is -1.43. The zero-order chi connectivity index (χ0) is 14.3. The zero-order valence-corrected chi connectivity index (χ0v) is 12.2. The predicted octanol–water partition coefficient (Wildman–Crippen LogP) is 1.65. The fourth-order valence-electron chi connectivity index (χ4n) is 1.77. The number of rotatable bonds is 8. The summed E-state index contributed by atoms with van der Waals surface area (Å²) in [6.07, 6.45) is 1.75. The zero-order valence-electron chi connectivity index (χ0n) is 12.2. The van der Waals surface area contributed by atoms with Gasteiger partial charge in [0, 0.05) is 6.42 Å². The molecule has 1 rings (SSSR count). The quantitative estimate of drug-likeness (QED) is 0.668. The molecule has 0 aliphatic carbocycles. The van der Waals surface area contributed by atoms with Gasteiger partial charge in [-0.25, -0.2) is 0 Å². The Morgan fingerprint density at radius 2 is 2.21 bits per heavy atom. The highest BCUT2D eigenvalue weighted by molar-refractivity contribution is 5.71. The maximum absolute atomic E-state index is 11.3. The number of ether oxygens (including phenoxy) is 1. The fourth-order valence-corrected chi connectivity index (χ4v) is 1.77. The van der Waals surface area contributed by atoms with Gasteiger partial charge >= 0.3 is 5.97 Å². The van der Waals surface area contributed by atoms with Gasteiger partial charge in [0.2, 0.25) is 5.89 Å². The molecule has 0 fully saturated rings. The number of hydrogen-bond donors (Lipinski definition) is 0. The molecule has 0 saturated heterocycles. The highest BCUT2D eigenvalue weighted by Crippen LogP contribution is 2.07. The van der Waals surface area contributed by atoms with Gasteiger partial charge in [0.25, 0.3) is 0 Å². The molecule has 0 aromatic carbocycles. The van der Waals surface area contributed by atoms with Crippen LogP contribution in [-0.4, -0.2) is 41.2 Å². The molecular weight excluding hydrogens is 246 g/mol. The summed E-state index contributed by atoms with van der Waals surface area (Å²) >= 11 is 0. The van der Waals surface area contributed by atoms with Crippen LogP contribution in [0.4, 0.5) is 0 Å². The Labute approximate surface area is 114 Å². The summed E-state index contributed by atoms with van der Waals surface area (Å²) in [5.74, 6) is 1.51. The van der Waals surface area contributed by atoms with E-state index in [-0.39, 0.29) is 12.5 Å². The van der Waals surface area contributed by atoms with Crippen LogP contribution < -0.4 is 0 Å². The third-order valence-electron chi connectivity index (χ3n) is 2.58. The highest BCUT2D eigenvalue weighted by atomic mass is 16.5. The smallest absolute Gasteiger partial charge is 0.319 e. The second-order valence-corrected chi connectivity index (χ2v) is 4.99. The van der Waals surface area contributed by atoms with Crippen molar-refractivity contribution in [1.29, 1.82) is 0 Å². The number of nitrogens with zero attached hydrogens (tertiary/aromatic N) is 3. The van der Waals surface area contributed by atoms with Gasteiger partial charge in [0.05, 0.1) is 20.2 Å². The van der Waals surface area contributed by atoms with Gasteiger partial charge in [-0.15, -0.1) is 0 Å². The maximum Gasteiger partial charge on any atom is 0.319 e. The van der Waals surface area contributed by atoms with E-state index in [4.69, 9.17) is 4.52 Å². The highest BCUT2D eigenvalue weighted by Gasteiger charge is 2.15. The summed E-state index contributed by atoms with van der Waals surface area (Å²) in [6.45, 7) is 7.78. The molecule has 0 N–H and O–H groups in total. The maximum atomic E-state index is 11.3. The van der Waals surface area contributed by atoms with Gasteiger partial charge in [0.1, 0.15) is 0 Å². The van der Waals surface area contributed by atoms with Crippen molar-refractivity contribution < 1.29 is 14.1 Å². The molecule has 0 atom stereocenters. The molecule has 0 unspecified atom stereocenters. The molecule has 0 aliphatic heterocycles. The fraction of sp³-hybridized carbons (Fsp3) is 0.769. The standard InChI is InChI=1S/C13H23N3O3/c1-5-6-16(9-13(17)18-4)8-12-14-11(15-19-12)7-10(2)3/h10H,5-9H2,1-4H3. The monoisotopic (exact) mass is 269 g/mol. The molecule has 19 heavy (non-hydrogen) atoms. The van der Waals surface area contributed by atoms with E-state index in [1.807, 2.05) is 4.90 Å². The van der Waals surface area contributed by atoms with Crippen LogP contribution in [0.2, 0.25) is 0 Å². The summed E-state index contributed by atoms with van der Waals surface area (Å²) in [5.41, 5.74) is 0. The third-order valence-corrected chi connectivity index (χ3v) is 2.58. The lowest BCUT2D eigenvalue weighted by Crippen LogP contribution is -2.31. The summed E-state index contributed by atoms with van der Waals surface area (Å²) in [5, 5.41) is 3.94. The van der Waals surface area contributed by atoms with Gasteiger partial charge < -0.3 is 9.26 Å². The molecule has 6 nitrogen and oxygen atoms in total. The lowest BCUT2D eigenvalue weighted by Gasteiger charge is -2.17. The lowest BCUT2D eigenvalue weighted by atomic mass is 10.1. The first kappa shape index (κ1) is 15.6. The number of esters is 1. The molecule has 0 bridgehead atoms. The Kier molecular flexibility index (Phi) is 6.49. The van der Waals surface area contributed by atoms with Crippen LogP contribution in [0, 0.1) is 5.92 Å². The lowest BCUT2D eigenvalue weighted by molar-refractivity contribution is -0.142. The molecule has 108 valence electrons. The first-order chi connectivity index (χ1) is 9.05. The van der Waals surface area contributed by atoms with Crippen molar-refractivity contribution in [3.8, 4) is 0 Å². The van der Waals surface area contributed by atoms with Crippen molar-refractivity contribution >= 4 is 5.97 Å². The molecule has 1 aromatic rings. The molecular formula is C13H23N3O3. The van der Waals surface area contributed by atoms with E-state index in [1.54, 1.807) is 0 Å². The molecule has 0 spiro atoms. The van der Waals surface area contributed by atoms with Crippen LogP contribution in [-0.2, 0) is 22.5 Å². The third kappa shape index (κ3) is 5.83. The van der Waals surface area contributed by atoms with E-state index >= 15 is 0 Å². The van der Waals surface area contributed by atoms with Gasteiger partial charge in [-0.1, -0.05) is 25.9 Å². The number of carbonyl (C=O) groups is 1. The minimum atomic E-state index is -0.254. The normalized spacial score (nSPS) is 11.3. The van der Waals surface area contributed by atoms with E-state index in [0.717, 1.165) is 25.2 Å². The summed E-state index contributed by atoms with van der Waals surface area (Å²) in [7, 11) is 1.39. The molecule has 6 heteroatoms. The van der Waals surface area contributed by atoms with Gasteiger partial charge in [0.15, 0.2) is 5.82 Å². The number of carbonyl (C=O) groups excluding carboxylic acids is 1. The van der Waals surface area contributed by atoms with Crippen LogP contribution in [0.5, 0.6) is 0 Å². The van der Waals surface area contributed by atoms with Crippen molar-refractivity contribution in [2.24, 2.45) is 5.92 Å². The van der Waals surface area contributed by atoms with E-state index in [2.05, 4.69) is 35.6 Å². The molecule has 0 amide bonds. The largest absolute Gasteiger partial charge is 0.468 e. The van der Waals surface area contributed by atoms with Gasteiger partial charge in [-0.2, -0.15) is 4.98 Å². The first-order valence-electron chi connectivity index (χ1n) is 6.65. The SMILES string of the molecule is CCCN(CC(=O)OC)Cc1nc(CC(C)C)no1. The van der Waals surface area contributed by atoms with Gasteiger partial charge in [-0.3, -0.25) is 9.69 Å². The second kappa shape index (κ2) is 7.89. The molecule has 0 aliphatic rings. The van der Waals surface area contributed by atoms with Crippen LogP contribution in [0.1, 0.15) is 38.9 Å². The molecule has 1 heterocycles.